The smallest absolute Gasteiger partial charge is 0.306 e. The molecule has 0 bridgehead atoms. The van der Waals surface area contributed by atoms with Crippen LogP contribution in [0.2, 0.25) is 0 Å². The standard InChI is InChI=1S/C55H84O6/c1-4-7-10-13-16-19-22-25-26-27-28-31-33-36-39-42-45-48-54(57)60-51-52(61-55(58)49-46-43-40-37-34-30-24-21-18-15-12-9-6-3)50-59-53(56)47-44-41-38-35-32-29-23-20-17-14-11-8-5-2/h7-12,14-21,23-26,28,31,36,39,52H,4-6,13,22,27,29-30,32-35,37-38,40-51H2,1-3H3/b10-7+,11-8+,12-9+,17-14+,18-15+,19-16+,23-20+,24-21+,26-25+,31-28+,39-36+. The number of ether oxygens (including phenoxy) is 3. The van der Waals surface area contributed by atoms with E-state index in [9.17, 15) is 14.4 Å². The fraction of sp³-hybridized carbons (Fsp3) is 0.545. The number of unbranched alkanes of at least 4 members (excludes halogenated alkanes) is 11. The highest BCUT2D eigenvalue weighted by atomic mass is 16.6. The zero-order valence-electron chi connectivity index (χ0n) is 38.6. The van der Waals surface area contributed by atoms with Crippen LogP contribution in [0.4, 0.5) is 0 Å². The molecule has 0 N–H and O–H groups in total. The van der Waals surface area contributed by atoms with Gasteiger partial charge in [-0.3, -0.25) is 14.4 Å². The van der Waals surface area contributed by atoms with Crippen LogP contribution in [0.1, 0.15) is 175 Å². The number of carbonyl (C=O) groups excluding carboxylic acids is 3. The number of allylic oxidation sites excluding steroid dienone is 22. The molecule has 0 aliphatic heterocycles. The molecule has 0 aromatic carbocycles. The van der Waals surface area contributed by atoms with Crippen LogP contribution in [-0.2, 0) is 28.6 Å². The van der Waals surface area contributed by atoms with Gasteiger partial charge in [-0.25, -0.2) is 0 Å². The van der Waals surface area contributed by atoms with Crippen molar-refractivity contribution in [2.45, 2.75) is 181 Å². The van der Waals surface area contributed by atoms with Gasteiger partial charge in [-0.2, -0.15) is 0 Å². The monoisotopic (exact) mass is 841 g/mol. The summed E-state index contributed by atoms with van der Waals surface area (Å²) in [6.45, 7) is 6.14. The second-order valence-corrected chi connectivity index (χ2v) is 15.0. The Morgan fingerprint density at radius 3 is 1.15 bits per heavy atom. The Morgan fingerprint density at radius 2 is 0.689 bits per heavy atom. The molecule has 1 atom stereocenters. The predicted octanol–water partition coefficient (Wildman–Crippen LogP) is 15.5. The van der Waals surface area contributed by atoms with Crippen molar-refractivity contribution < 1.29 is 28.6 Å². The summed E-state index contributed by atoms with van der Waals surface area (Å²) in [4.78, 5) is 37.8. The largest absolute Gasteiger partial charge is 0.462 e. The Labute approximate surface area is 373 Å². The number of carbonyl (C=O) groups is 3. The van der Waals surface area contributed by atoms with E-state index in [0.29, 0.717) is 12.8 Å². The van der Waals surface area contributed by atoms with Gasteiger partial charge in [0.2, 0.25) is 0 Å². The number of rotatable bonds is 40. The Hall–Kier alpha value is -4.45. The Morgan fingerprint density at radius 1 is 0.344 bits per heavy atom. The maximum Gasteiger partial charge on any atom is 0.306 e. The first-order valence-electron chi connectivity index (χ1n) is 23.8. The zero-order chi connectivity index (χ0) is 44.4. The van der Waals surface area contributed by atoms with Crippen molar-refractivity contribution in [2.24, 2.45) is 0 Å². The molecule has 0 saturated heterocycles. The molecule has 0 aromatic rings. The van der Waals surface area contributed by atoms with Gasteiger partial charge in [0.05, 0.1) is 0 Å². The van der Waals surface area contributed by atoms with E-state index in [1.807, 2.05) is 12.2 Å². The van der Waals surface area contributed by atoms with Gasteiger partial charge < -0.3 is 14.2 Å². The summed E-state index contributed by atoms with van der Waals surface area (Å²) < 4.78 is 16.7. The molecule has 0 heterocycles. The molecule has 1 unspecified atom stereocenters. The molecule has 6 heteroatoms. The summed E-state index contributed by atoms with van der Waals surface area (Å²) in [7, 11) is 0. The molecule has 0 fully saturated rings. The lowest BCUT2D eigenvalue weighted by atomic mass is 10.1. The van der Waals surface area contributed by atoms with Gasteiger partial charge in [-0.05, 0) is 96.3 Å². The summed E-state index contributed by atoms with van der Waals surface area (Å²) >= 11 is 0. The van der Waals surface area contributed by atoms with Crippen LogP contribution in [0.15, 0.2) is 134 Å². The first-order valence-corrected chi connectivity index (χ1v) is 23.8. The van der Waals surface area contributed by atoms with Gasteiger partial charge in [0.25, 0.3) is 0 Å². The minimum absolute atomic E-state index is 0.121. The molecular formula is C55H84O6. The van der Waals surface area contributed by atoms with Crippen molar-refractivity contribution in [3.05, 3.63) is 134 Å². The quantitative estimate of drug-likeness (QED) is 0.0201. The van der Waals surface area contributed by atoms with Crippen LogP contribution in [0, 0.1) is 0 Å². The molecule has 0 radical (unpaired) electrons. The van der Waals surface area contributed by atoms with Crippen molar-refractivity contribution in [3.63, 3.8) is 0 Å². The van der Waals surface area contributed by atoms with Gasteiger partial charge >= 0.3 is 17.9 Å². The van der Waals surface area contributed by atoms with Crippen LogP contribution < -0.4 is 0 Å². The third kappa shape index (κ3) is 46.5. The highest BCUT2D eigenvalue weighted by Gasteiger charge is 2.19. The highest BCUT2D eigenvalue weighted by molar-refractivity contribution is 5.71. The van der Waals surface area contributed by atoms with Crippen molar-refractivity contribution in [3.8, 4) is 0 Å². The molecule has 0 spiro atoms. The molecule has 0 aromatic heterocycles. The van der Waals surface area contributed by atoms with E-state index in [-0.39, 0.29) is 44.0 Å². The van der Waals surface area contributed by atoms with E-state index in [1.165, 1.54) is 0 Å². The molecule has 0 amide bonds. The summed E-state index contributed by atoms with van der Waals surface area (Å²) in [6.07, 6.45) is 67.2. The van der Waals surface area contributed by atoms with Crippen molar-refractivity contribution in [1.82, 2.24) is 0 Å². The third-order valence-corrected chi connectivity index (χ3v) is 9.25. The average Bonchev–Trinajstić information content (AvgIpc) is 3.26. The zero-order valence-corrected chi connectivity index (χ0v) is 38.6. The second kappa shape index (κ2) is 48.2. The minimum Gasteiger partial charge on any atom is -0.462 e. The Balaban J connectivity index is 4.57. The van der Waals surface area contributed by atoms with Crippen molar-refractivity contribution >= 4 is 17.9 Å². The van der Waals surface area contributed by atoms with E-state index >= 15 is 0 Å². The van der Waals surface area contributed by atoms with Crippen LogP contribution >= 0.6 is 0 Å². The molecular weight excluding hydrogens is 757 g/mol. The van der Waals surface area contributed by atoms with E-state index in [0.717, 1.165) is 128 Å². The lowest BCUT2D eigenvalue weighted by molar-refractivity contribution is -0.167. The maximum atomic E-state index is 12.7. The maximum absolute atomic E-state index is 12.7. The third-order valence-electron chi connectivity index (χ3n) is 9.25. The summed E-state index contributed by atoms with van der Waals surface area (Å²) in [5.41, 5.74) is 0. The minimum atomic E-state index is -0.824. The van der Waals surface area contributed by atoms with E-state index in [1.54, 1.807) is 0 Å². The van der Waals surface area contributed by atoms with Crippen LogP contribution in [0.5, 0.6) is 0 Å². The molecule has 6 nitrogen and oxygen atoms in total. The van der Waals surface area contributed by atoms with Crippen LogP contribution in [0.25, 0.3) is 0 Å². The number of hydrogen-bond donors (Lipinski definition) is 0. The summed E-state index contributed by atoms with van der Waals surface area (Å²) in [6, 6.07) is 0. The van der Waals surface area contributed by atoms with E-state index < -0.39 is 6.10 Å². The van der Waals surface area contributed by atoms with Crippen LogP contribution in [0.3, 0.4) is 0 Å². The number of esters is 3. The summed E-state index contributed by atoms with van der Waals surface area (Å²) in [5, 5.41) is 0. The Kier molecular flexibility index (Phi) is 44.7. The van der Waals surface area contributed by atoms with Gasteiger partial charge in [-0.15, -0.1) is 0 Å². The molecule has 340 valence electrons. The van der Waals surface area contributed by atoms with Crippen molar-refractivity contribution in [2.75, 3.05) is 13.2 Å². The predicted molar refractivity (Wildman–Crippen MR) is 260 cm³/mol. The lowest BCUT2D eigenvalue weighted by Gasteiger charge is -2.18. The van der Waals surface area contributed by atoms with Crippen LogP contribution in [-0.4, -0.2) is 37.2 Å². The van der Waals surface area contributed by atoms with Gasteiger partial charge in [0.15, 0.2) is 6.10 Å². The Bertz CT molecular complexity index is 1380. The fourth-order valence-electron chi connectivity index (χ4n) is 5.77. The van der Waals surface area contributed by atoms with Gasteiger partial charge in [-0.1, -0.05) is 193 Å². The molecule has 0 rings (SSSR count). The SMILES string of the molecule is CC/C=C/C=C/C=C/CCCCCCCC(=O)OCC(COC(=O)CCC/C=C/C/C=C/C/C=C/C/C=C/C/C=C/CC)OC(=O)CCCCCCC/C=C/C=C/C=C/CC. The molecule has 61 heavy (non-hydrogen) atoms. The van der Waals surface area contributed by atoms with Crippen molar-refractivity contribution in [1.29, 1.82) is 0 Å². The number of hydrogen-bond acceptors (Lipinski definition) is 6. The van der Waals surface area contributed by atoms with Gasteiger partial charge in [0, 0.05) is 19.3 Å². The van der Waals surface area contributed by atoms with Gasteiger partial charge in [0.1, 0.15) is 13.2 Å². The molecule has 0 aliphatic carbocycles. The second-order valence-electron chi connectivity index (χ2n) is 15.0. The van der Waals surface area contributed by atoms with E-state index in [4.69, 9.17) is 14.2 Å². The fourth-order valence-corrected chi connectivity index (χ4v) is 5.77. The average molecular weight is 841 g/mol. The molecule has 0 saturated carbocycles. The van der Waals surface area contributed by atoms with E-state index in [2.05, 4.69) is 142 Å². The normalized spacial score (nSPS) is 13.3. The first-order chi connectivity index (χ1) is 30.0. The first kappa shape index (κ1) is 56.5. The topological polar surface area (TPSA) is 78.9 Å². The summed E-state index contributed by atoms with van der Waals surface area (Å²) in [5.74, 6) is -1.04. The lowest BCUT2D eigenvalue weighted by Crippen LogP contribution is -2.30. The highest BCUT2D eigenvalue weighted by Crippen LogP contribution is 2.12. The molecule has 0 aliphatic rings.